The van der Waals surface area contributed by atoms with Gasteiger partial charge in [0, 0.05) is 6.42 Å². The normalized spacial score (nSPS) is 16.1. The van der Waals surface area contributed by atoms with Crippen LogP contribution in [0, 0.1) is 11.8 Å². The molecule has 0 aliphatic heterocycles. The quantitative estimate of drug-likeness (QED) is 0.137. The van der Waals surface area contributed by atoms with Crippen molar-refractivity contribution in [1.29, 1.82) is 0 Å². The first-order chi connectivity index (χ1) is 15.7. The second-order valence-electron chi connectivity index (χ2n) is 8.35. The number of amides is 4. The first kappa shape index (κ1) is 30.8. The number of carboxylic acids is 2. The van der Waals surface area contributed by atoms with E-state index in [0.29, 0.717) is 12.8 Å². The van der Waals surface area contributed by atoms with Crippen molar-refractivity contribution in [3.8, 4) is 0 Å². The maximum absolute atomic E-state index is 13.0. The van der Waals surface area contributed by atoms with Crippen LogP contribution < -0.4 is 27.4 Å². The van der Waals surface area contributed by atoms with E-state index < -0.39 is 84.4 Å². The van der Waals surface area contributed by atoms with E-state index >= 15 is 0 Å². The van der Waals surface area contributed by atoms with Crippen LogP contribution in [0.5, 0.6) is 0 Å². The summed E-state index contributed by atoms with van der Waals surface area (Å²) in [5.41, 5.74) is 10.7. The van der Waals surface area contributed by atoms with Gasteiger partial charge in [0.15, 0.2) is 0 Å². The molecule has 0 saturated heterocycles. The van der Waals surface area contributed by atoms with Crippen molar-refractivity contribution in [2.75, 3.05) is 0 Å². The van der Waals surface area contributed by atoms with Crippen molar-refractivity contribution in [1.82, 2.24) is 16.0 Å². The number of rotatable bonds is 16. The molecule has 0 bridgehead atoms. The van der Waals surface area contributed by atoms with Gasteiger partial charge >= 0.3 is 11.9 Å². The van der Waals surface area contributed by atoms with Gasteiger partial charge in [-0.2, -0.15) is 0 Å². The Labute approximate surface area is 198 Å². The molecule has 0 aromatic rings. The third-order valence-corrected chi connectivity index (χ3v) is 5.61. The number of carbonyl (C=O) groups is 6. The van der Waals surface area contributed by atoms with E-state index in [4.69, 9.17) is 16.6 Å². The Balaban J connectivity index is 5.68. The smallest absolute Gasteiger partial charge is 0.326 e. The van der Waals surface area contributed by atoms with E-state index in [9.17, 15) is 33.9 Å². The summed E-state index contributed by atoms with van der Waals surface area (Å²) in [6.45, 7) is 6.81. The number of carboxylic acid groups (broad SMARTS) is 2. The van der Waals surface area contributed by atoms with Crippen molar-refractivity contribution >= 4 is 35.6 Å². The highest BCUT2D eigenvalue weighted by Gasteiger charge is 2.33. The van der Waals surface area contributed by atoms with Crippen molar-refractivity contribution in [3.05, 3.63) is 0 Å². The third kappa shape index (κ3) is 10.6. The Morgan fingerprint density at radius 2 is 1.29 bits per heavy atom. The van der Waals surface area contributed by atoms with Crippen LogP contribution in [0.4, 0.5) is 0 Å². The lowest BCUT2D eigenvalue weighted by molar-refractivity contribution is -0.144. The average Bonchev–Trinajstić information content (AvgIpc) is 2.75. The summed E-state index contributed by atoms with van der Waals surface area (Å²) in [5.74, 6) is -6.56. The molecule has 34 heavy (non-hydrogen) atoms. The molecule has 0 aromatic carbocycles. The summed E-state index contributed by atoms with van der Waals surface area (Å²) in [6, 6.07) is -5.04. The summed E-state index contributed by atoms with van der Waals surface area (Å²) in [7, 11) is 0. The SMILES string of the molecule is CCC(C)C(NC(=O)C(CCC(=O)O)NC(=O)C(NC(=O)C(N)CC(N)=O)C(C)CC)C(=O)O. The molecular formula is C21H37N5O8. The van der Waals surface area contributed by atoms with Gasteiger partial charge in [0.2, 0.25) is 23.6 Å². The molecule has 6 unspecified atom stereocenters. The Morgan fingerprint density at radius 1 is 0.794 bits per heavy atom. The Kier molecular flexibility index (Phi) is 13.4. The Morgan fingerprint density at radius 3 is 1.74 bits per heavy atom. The molecule has 0 spiro atoms. The lowest BCUT2D eigenvalue weighted by Crippen LogP contribution is -2.59. The monoisotopic (exact) mass is 487 g/mol. The highest BCUT2D eigenvalue weighted by molar-refractivity contribution is 5.95. The van der Waals surface area contributed by atoms with Gasteiger partial charge < -0.3 is 37.6 Å². The van der Waals surface area contributed by atoms with Crippen LogP contribution in [-0.4, -0.2) is 69.9 Å². The predicted molar refractivity (Wildman–Crippen MR) is 121 cm³/mol. The maximum atomic E-state index is 13.0. The summed E-state index contributed by atoms with van der Waals surface area (Å²) >= 11 is 0. The fourth-order valence-electron chi connectivity index (χ4n) is 3.01. The summed E-state index contributed by atoms with van der Waals surface area (Å²) in [5, 5.41) is 25.7. The molecular weight excluding hydrogens is 450 g/mol. The minimum Gasteiger partial charge on any atom is -0.481 e. The molecule has 0 aliphatic rings. The second-order valence-corrected chi connectivity index (χ2v) is 8.35. The van der Waals surface area contributed by atoms with E-state index in [0.717, 1.165) is 0 Å². The minimum absolute atomic E-state index is 0.303. The molecule has 13 heteroatoms. The van der Waals surface area contributed by atoms with Gasteiger partial charge in [0.1, 0.15) is 18.1 Å². The van der Waals surface area contributed by atoms with Gasteiger partial charge in [-0.1, -0.05) is 40.5 Å². The molecule has 0 aromatic heterocycles. The number of nitrogens with two attached hydrogens (primary N) is 2. The molecule has 0 radical (unpaired) electrons. The Bertz CT molecular complexity index is 759. The minimum atomic E-state index is -1.36. The molecule has 4 amide bonds. The molecule has 0 heterocycles. The largest absolute Gasteiger partial charge is 0.481 e. The predicted octanol–water partition coefficient (Wildman–Crippen LogP) is -1.31. The van der Waals surface area contributed by atoms with Gasteiger partial charge in [0.05, 0.1) is 12.5 Å². The highest BCUT2D eigenvalue weighted by atomic mass is 16.4. The molecule has 9 N–H and O–H groups in total. The van der Waals surface area contributed by atoms with Gasteiger partial charge in [-0.3, -0.25) is 24.0 Å². The molecule has 0 rings (SSSR count). The van der Waals surface area contributed by atoms with Gasteiger partial charge in [-0.05, 0) is 18.3 Å². The highest BCUT2D eigenvalue weighted by Crippen LogP contribution is 2.12. The van der Waals surface area contributed by atoms with E-state index in [2.05, 4.69) is 16.0 Å². The zero-order chi connectivity index (χ0) is 26.6. The fourth-order valence-corrected chi connectivity index (χ4v) is 3.01. The van der Waals surface area contributed by atoms with Crippen LogP contribution in [0.25, 0.3) is 0 Å². The van der Waals surface area contributed by atoms with E-state index in [-0.39, 0.29) is 6.42 Å². The number of carbonyl (C=O) groups excluding carboxylic acids is 4. The standard InChI is InChI=1S/C21H37N5O8/c1-5-10(3)16(25-18(30)12(22)9-14(23)27)20(32)24-13(7-8-15(28)29)19(31)26-17(21(33)34)11(4)6-2/h10-13,16-17H,5-9,22H2,1-4H3,(H2,23,27)(H,24,32)(H,25,30)(H,26,31)(H,28,29)(H,33,34). The number of aliphatic carboxylic acids is 2. The van der Waals surface area contributed by atoms with Gasteiger partial charge in [-0.25, -0.2) is 4.79 Å². The lowest BCUT2D eigenvalue weighted by atomic mass is 9.96. The van der Waals surface area contributed by atoms with Crippen LogP contribution in [0.1, 0.15) is 59.8 Å². The van der Waals surface area contributed by atoms with E-state index in [1.165, 1.54) is 0 Å². The Hall–Kier alpha value is -3.22. The molecule has 194 valence electrons. The van der Waals surface area contributed by atoms with Crippen molar-refractivity contribution in [2.24, 2.45) is 23.3 Å². The van der Waals surface area contributed by atoms with Crippen molar-refractivity contribution < 1.29 is 39.0 Å². The first-order valence-electron chi connectivity index (χ1n) is 11.1. The number of hydrogen-bond donors (Lipinski definition) is 7. The molecule has 0 saturated carbocycles. The molecule has 13 nitrogen and oxygen atoms in total. The average molecular weight is 488 g/mol. The fraction of sp³-hybridized carbons (Fsp3) is 0.714. The second kappa shape index (κ2) is 14.8. The first-order valence-corrected chi connectivity index (χ1v) is 11.1. The van der Waals surface area contributed by atoms with Crippen LogP contribution in [0.15, 0.2) is 0 Å². The van der Waals surface area contributed by atoms with Crippen LogP contribution >= 0.6 is 0 Å². The zero-order valence-electron chi connectivity index (χ0n) is 20.0. The summed E-state index contributed by atoms with van der Waals surface area (Å²) in [4.78, 5) is 71.7. The number of primary amides is 1. The molecule has 6 atom stereocenters. The topological polar surface area (TPSA) is 231 Å². The van der Waals surface area contributed by atoms with Crippen LogP contribution in [0.2, 0.25) is 0 Å². The van der Waals surface area contributed by atoms with E-state index in [1.54, 1.807) is 27.7 Å². The summed E-state index contributed by atoms with van der Waals surface area (Å²) < 4.78 is 0. The van der Waals surface area contributed by atoms with Gasteiger partial charge in [0.25, 0.3) is 0 Å². The molecule has 0 aliphatic carbocycles. The van der Waals surface area contributed by atoms with Gasteiger partial charge in [-0.15, -0.1) is 0 Å². The lowest BCUT2D eigenvalue weighted by Gasteiger charge is -2.28. The van der Waals surface area contributed by atoms with Crippen molar-refractivity contribution in [3.63, 3.8) is 0 Å². The number of hydrogen-bond acceptors (Lipinski definition) is 7. The summed E-state index contributed by atoms with van der Waals surface area (Å²) in [6.07, 6.45) is -0.302. The van der Waals surface area contributed by atoms with Crippen LogP contribution in [0.3, 0.4) is 0 Å². The van der Waals surface area contributed by atoms with E-state index in [1.807, 2.05) is 0 Å². The molecule has 0 fully saturated rings. The van der Waals surface area contributed by atoms with Crippen LogP contribution in [-0.2, 0) is 28.8 Å². The van der Waals surface area contributed by atoms with Crippen molar-refractivity contribution in [2.45, 2.75) is 84.0 Å². The maximum Gasteiger partial charge on any atom is 0.326 e. The zero-order valence-corrected chi connectivity index (χ0v) is 20.0. The number of nitrogens with one attached hydrogen (secondary N) is 3. The third-order valence-electron chi connectivity index (χ3n) is 5.61.